The molecule has 1 aliphatic heterocycles. The lowest BCUT2D eigenvalue weighted by Gasteiger charge is -2.36. The number of carbonyl (C=O) groups excluding carboxylic acids is 1. The Morgan fingerprint density at radius 3 is 2.52 bits per heavy atom. The SMILES string of the molecule is CCC1(NC(=O)c2cc(S(N)(=O)=O)c(C)o2)CCOCC1. The number of amides is 1. The monoisotopic (exact) mass is 316 g/mol. The number of nitrogens with two attached hydrogens (primary N) is 1. The molecule has 0 aliphatic carbocycles. The summed E-state index contributed by atoms with van der Waals surface area (Å²) in [4.78, 5) is 12.1. The zero-order chi connectivity index (χ0) is 15.7. The first-order valence-electron chi connectivity index (χ1n) is 6.81. The lowest BCUT2D eigenvalue weighted by molar-refractivity contribution is 0.0337. The molecule has 1 amide bonds. The Labute approximate surface area is 123 Å². The fraction of sp³-hybridized carbons (Fsp3) is 0.615. The molecule has 2 heterocycles. The van der Waals surface area contributed by atoms with Crippen molar-refractivity contribution >= 4 is 15.9 Å². The number of hydrogen-bond acceptors (Lipinski definition) is 5. The summed E-state index contributed by atoms with van der Waals surface area (Å²) in [5.41, 5.74) is -0.336. The molecule has 21 heavy (non-hydrogen) atoms. The van der Waals surface area contributed by atoms with Gasteiger partial charge in [0.25, 0.3) is 5.91 Å². The zero-order valence-corrected chi connectivity index (χ0v) is 13.0. The van der Waals surface area contributed by atoms with E-state index < -0.39 is 15.9 Å². The van der Waals surface area contributed by atoms with Gasteiger partial charge >= 0.3 is 0 Å². The summed E-state index contributed by atoms with van der Waals surface area (Å²) in [6, 6.07) is 1.17. The molecule has 1 aliphatic rings. The molecule has 2 rings (SSSR count). The van der Waals surface area contributed by atoms with Crippen molar-refractivity contribution in [2.24, 2.45) is 5.14 Å². The summed E-state index contributed by atoms with van der Waals surface area (Å²) in [7, 11) is -3.89. The van der Waals surface area contributed by atoms with Crippen LogP contribution in [0.5, 0.6) is 0 Å². The predicted octanol–water partition coefficient (Wildman–Crippen LogP) is 0.924. The average molecular weight is 316 g/mol. The van der Waals surface area contributed by atoms with Gasteiger partial charge in [0.05, 0.1) is 0 Å². The molecule has 0 radical (unpaired) electrons. The van der Waals surface area contributed by atoms with E-state index in [1.54, 1.807) is 0 Å². The highest BCUT2D eigenvalue weighted by molar-refractivity contribution is 7.89. The van der Waals surface area contributed by atoms with Gasteiger partial charge in [-0.25, -0.2) is 13.6 Å². The number of furan rings is 1. The van der Waals surface area contributed by atoms with E-state index in [0.717, 1.165) is 19.3 Å². The van der Waals surface area contributed by atoms with Crippen LogP contribution in [0.4, 0.5) is 0 Å². The van der Waals surface area contributed by atoms with E-state index in [1.807, 2.05) is 6.92 Å². The second kappa shape index (κ2) is 5.78. The molecule has 0 saturated carbocycles. The third kappa shape index (κ3) is 3.45. The highest BCUT2D eigenvalue weighted by atomic mass is 32.2. The number of sulfonamides is 1. The van der Waals surface area contributed by atoms with E-state index in [2.05, 4.69) is 5.32 Å². The van der Waals surface area contributed by atoms with E-state index in [9.17, 15) is 13.2 Å². The summed E-state index contributed by atoms with van der Waals surface area (Å²) in [5, 5.41) is 8.01. The maximum Gasteiger partial charge on any atom is 0.287 e. The smallest absolute Gasteiger partial charge is 0.287 e. The van der Waals surface area contributed by atoms with Crippen LogP contribution in [0.2, 0.25) is 0 Å². The highest BCUT2D eigenvalue weighted by Crippen LogP contribution is 2.26. The maximum atomic E-state index is 12.3. The third-order valence-corrected chi connectivity index (χ3v) is 4.93. The lowest BCUT2D eigenvalue weighted by Crippen LogP contribution is -2.51. The van der Waals surface area contributed by atoms with Gasteiger partial charge in [-0.2, -0.15) is 0 Å². The number of nitrogens with one attached hydrogen (secondary N) is 1. The minimum absolute atomic E-state index is 0.0455. The first-order valence-corrected chi connectivity index (χ1v) is 8.35. The normalized spacial score (nSPS) is 18.4. The fourth-order valence-electron chi connectivity index (χ4n) is 2.49. The van der Waals surface area contributed by atoms with E-state index in [0.29, 0.717) is 13.2 Å². The molecule has 0 aromatic carbocycles. The van der Waals surface area contributed by atoms with Crippen LogP contribution in [0.3, 0.4) is 0 Å². The van der Waals surface area contributed by atoms with E-state index >= 15 is 0 Å². The summed E-state index contributed by atoms with van der Waals surface area (Å²) < 4.78 is 33.3. The molecular weight excluding hydrogens is 296 g/mol. The van der Waals surface area contributed by atoms with Gasteiger partial charge in [-0.3, -0.25) is 4.79 Å². The summed E-state index contributed by atoms with van der Waals surface area (Å²) >= 11 is 0. The van der Waals surface area contributed by atoms with Crippen LogP contribution in [0.15, 0.2) is 15.4 Å². The van der Waals surface area contributed by atoms with Gasteiger partial charge < -0.3 is 14.5 Å². The molecule has 0 atom stereocenters. The van der Waals surface area contributed by atoms with Crippen molar-refractivity contribution in [3.63, 3.8) is 0 Å². The molecule has 1 aromatic rings. The van der Waals surface area contributed by atoms with Crippen LogP contribution in [0, 0.1) is 6.92 Å². The second-order valence-electron chi connectivity index (χ2n) is 5.28. The molecule has 1 aromatic heterocycles. The average Bonchev–Trinajstić information content (AvgIpc) is 2.82. The number of primary sulfonamides is 1. The van der Waals surface area contributed by atoms with Crippen molar-refractivity contribution in [1.29, 1.82) is 0 Å². The molecular formula is C13H20N2O5S. The molecule has 7 nitrogen and oxygen atoms in total. The van der Waals surface area contributed by atoms with Gasteiger partial charge in [-0.1, -0.05) is 6.92 Å². The van der Waals surface area contributed by atoms with Crippen LogP contribution in [0.25, 0.3) is 0 Å². The van der Waals surface area contributed by atoms with Crippen molar-refractivity contribution in [2.45, 2.75) is 43.5 Å². The number of hydrogen-bond donors (Lipinski definition) is 2. The fourth-order valence-corrected chi connectivity index (χ4v) is 3.20. The van der Waals surface area contributed by atoms with Crippen molar-refractivity contribution in [3.05, 3.63) is 17.6 Å². The van der Waals surface area contributed by atoms with E-state index in [4.69, 9.17) is 14.3 Å². The Morgan fingerprint density at radius 1 is 1.43 bits per heavy atom. The molecule has 0 spiro atoms. The molecule has 3 N–H and O–H groups in total. The molecule has 1 saturated heterocycles. The number of aryl methyl sites for hydroxylation is 1. The first-order chi connectivity index (χ1) is 9.77. The van der Waals surface area contributed by atoms with Crippen LogP contribution in [-0.4, -0.2) is 33.1 Å². The molecule has 8 heteroatoms. The van der Waals surface area contributed by atoms with Crippen molar-refractivity contribution in [1.82, 2.24) is 5.32 Å². The van der Waals surface area contributed by atoms with Crippen molar-refractivity contribution < 1.29 is 22.4 Å². The van der Waals surface area contributed by atoms with Crippen molar-refractivity contribution in [2.75, 3.05) is 13.2 Å². The molecule has 0 unspecified atom stereocenters. The first kappa shape index (κ1) is 16.0. The van der Waals surface area contributed by atoms with Crippen LogP contribution >= 0.6 is 0 Å². The molecule has 0 bridgehead atoms. The van der Waals surface area contributed by atoms with Crippen molar-refractivity contribution in [3.8, 4) is 0 Å². The second-order valence-corrected chi connectivity index (χ2v) is 6.81. The Balaban J connectivity index is 2.21. The van der Waals surface area contributed by atoms with Crippen LogP contribution < -0.4 is 10.5 Å². The number of carbonyl (C=O) groups is 1. The highest BCUT2D eigenvalue weighted by Gasteiger charge is 2.33. The molecule has 1 fully saturated rings. The third-order valence-electron chi connectivity index (χ3n) is 3.91. The number of ether oxygens (including phenoxy) is 1. The Bertz CT molecular complexity index is 629. The minimum atomic E-state index is -3.89. The largest absolute Gasteiger partial charge is 0.455 e. The minimum Gasteiger partial charge on any atom is -0.455 e. The zero-order valence-electron chi connectivity index (χ0n) is 12.1. The Kier molecular flexibility index (Phi) is 4.40. The van der Waals surface area contributed by atoms with Crippen LogP contribution in [-0.2, 0) is 14.8 Å². The predicted molar refractivity (Wildman–Crippen MR) is 75.4 cm³/mol. The van der Waals surface area contributed by atoms with Gasteiger partial charge in [0.2, 0.25) is 10.0 Å². The van der Waals surface area contributed by atoms with Gasteiger partial charge in [0.1, 0.15) is 10.7 Å². The van der Waals surface area contributed by atoms with E-state index in [1.165, 1.54) is 13.0 Å². The summed E-state index contributed by atoms with van der Waals surface area (Å²) in [5.74, 6) is -0.368. The maximum absolute atomic E-state index is 12.3. The topological polar surface area (TPSA) is 112 Å². The van der Waals surface area contributed by atoms with Gasteiger partial charge in [-0.15, -0.1) is 0 Å². The standard InChI is InChI=1S/C13H20N2O5S/c1-3-13(4-6-19-7-5-13)15-12(16)10-8-11(9(2)20-10)21(14,17)18/h8H,3-7H2,1-2H3,(H,15,16)(H2,14,17,18). The van der Waals surface area contributed by atoms with Gasteiger partial charge in [-0.05, 0) is 26.2 Å². The lowest BCUT2D eigenvalue weighted by atomic mass is 9.87. The number of rotatable bonds is 4. The summed E-state index contributed by atoms with van der Waals surface area (Å²) in [6.45, 7) is 4.64. The van der Waals surface area contributed by atoms with Gasteiger partial charge in [0, 0.05) is 24.8 Å². The van der Waals surface area contributed by atoms with Crippen LogP contribution in [0.1, 0.15) is 42.5 Å². The summed E-state index contributed by atoms with van der Waals surface area (Å²) in [6.07, 6.45) is 2.21. The van der Waals surface area contributed by atoms with Gasteiger partial charge in [0.15, 0.2) is 5.76 Å². The molecule has 118 valence electrons. The van der Waals surface area contributed by atoms with E-state index in [-0.39, 0.29) is 22.0 Å². The quantitative estimate of drug-likeness (QED) is 0.858. The Hall–Kier alpha value is -1.38. The Morgan fingerprint density at radius 2 is 2.05 bits per heavy atom.